The predicted molar refractivity (Wildman–Crippen MR) is 116 cm³/mol. The highest BCUT2D eigenvalue weighted by atomic mass is 32.1. The normalized spacial score (nSPS) is 10.9. The Labute approximate surface area is 179 Å². The number of carbonyl (C=O) groups excluding carboxylic acids is 1. The molecule has 9 heteroatoms. The quantitative estimate of drug-likeness (QED) is 0.493. The summed E-state index contributed by atoms with van der Waals surface area (Å²) < 4.78 is 15.0. The van der Waals surface area contributed by atoms with E-state index < -0.39 is 29.8 Å². The summed E-state index contributed by atoms with van der Waals surface area (Å²) in [6.07, 6.45) is 0. The number of fused-ring (bicyclic) bond motifs is 1. The highest BCUT2D eigenvalue weighted by Gasteiger charge is 2.22. The number of aromatic nitrogens is 2. The van der Waals surface area contributed by atoms with E-state index in [0.717, 1.165) is 21.5 Å². The molecule has 7 nitrogen and oxygen atoms in total. The molecule has 0 saturated heterocycles. The zero-order chi connectivity index (χ0) is 22.1. The second-order valence-corrected chi connectivity index (χ2v) is 7.66. The summed E-state index contributed by atoms with van der Waals surface area (Å²) in [4.78, 5) is 42.3. The van der Waals surface area contributed by atoms with Gasteiger partial charge in [0.15, 0.2) is 0 Å². The highest BCUT2D eigenvalue weighted by Crippen LogP contribution is 2.27. The number of thiophene rings is 1. The third-order valence-corrected chi connectivity index (χ3v) is 5.63. The van der Waals surface area contributed by atoms with Gasteiger partial charge in [-0.15, -0.1) is 11.3 Å². The van der Waals surface area contributed by atoms with Crippen molar-refractivity contribution in [1.82, 2.24) is 9.55 Å². The molecule has 1 amide bonds. The summed E-state index contributed by atoms with van der Waals surface area (Å²) in [5.41, 5.74) is 0.619. The third kappa shape index (κ3) is 3.82. The number of halogens is 1. The van der Waals surface area contributed by atoms with Gasteiger partial charge in [0.25, 0.3) is 5.56 Å². The van der Waals surface area contributed by atoms with Crippen molar-refractivity contribution in [2.45, 2.75) is 13.5 Å². The van der Waals surface area contributed by atoms with Crippen molar-refractivity contribution in [2.75, 3.05) is 5.32 Å². The van der Waals surface area contributed by atoms with Crippen LogP contribution in [0.5, 0.6) is 0 Å². The lowest BCUT2D eigenvalue weighted by Gasteiger charge is -2.14. The van der Waals surface area contributed by atoms with E-state index in [2.05, 4.69) is 10.3 Å². The van der Waals surface area contributed by atoms with E-state index in [-0.39, 0.29) is 27.3 Å². The van der Waals surface area contributed by atoms with Crippen molar-refractivity contribution in [1.29, 1.82) is 0 Å². The molecule has 0 radical (unpaired) electrons. The Bertz CT molecular complexity index is 1390. The van der Waals surface area contributed by atoms with Gasteiger partial charge in [-0.25, -0.2) is 14.2 Å². The van der Waals surface area contributed by atoms with Crippen LogP contribution in [0.25, 0.3) is 21.6 Å². The monoisotopic (exact) mass is 437 g/mol. The number of anilines is 1. The molecule has 0 saturated carbocycles. The molecule has 0 aliphatic heterocycles. The number of hydrogen-bond acceptors (Lipinski definition) is 5. The Balaban J connectivity index is 1.87. The van der Waals surface area contributed by atoms with Gasteiger partial charge in [0, 0.05) is 10.9 Å². The second kappa shape index (κ2) is 8.11. The van der Waals surface area contributed by atoms with Gasteiger partial charge in [0.1, 0.15) is 23.0 Å². The van der Waals surface area contributed by atoms with Crippen LogP contribution in [0.3, 0.4) is 0 Å². The molecule has 4 aromatic rings. The standard InChI is InChI=1S/C22H16FN3O4S/c1-12-6-2-3-7-13(12)19-25-20-18(14(11-31-20)22(29)30)21(28)26(19)10-17(27)24-16-9-5-4-8-15(16)23/h2-9,11H,10H2,1H3,(H,24,27)(H,29,30). The number of aryl methyl sites for hydroxylation is 1. The highest BCUT2D eigenvalue weighted by molar-refractivity contribution is 7.17. The van der Waals surface area contributed by atoms with Crippen molar-refractivity contribution in [3.8, 4) is 11.4 Å². The van der Waals surface area contributed by atoms with E-state index in [1.807, 2.05) is 19.1 Å². The van der Waals surface area contributed by atoms with Crippen LogP contribution in [-0.2, 0) is 11.3 Å². The molecule has 2 aromatic carbocycles. The maximum atomic E-state index is 13.9. The molecule has 4 rings (SSSR count). The molecule has 0 atom stereocenters. The first-order chi connectivity index (χ1) is 14.9. The van der Waals surface area contributed by atoms with Gasteiger partial charge < -0.3 is 10.4 Å². The largest absolute Gasteiger partial charge is 0.478 e. The fourth-order valence-electron chi connectivity index (χ4n) is 3.25. The number of nitrogens with one attached hydrogen (secondary N) is 1. The molecule has 2 heterocycles. The molecular weight excluding hydrogens is 421 g/mol. The number of amides is 1. The predicted octanol–water partition coefficient (Wildman–Crippen LogP) is 3.91. The molecule has 0 aliphatic carbocycles. The minimum Gasteiger partial charge on any atom is -0.478 e. The van der Waals surface area contributed by atoms with Crippen molar-refractivity contribution in [2.24, 2.45) is 0 Å². The average molecular weight is 437 g/mol. The van der Waals surface area contributed by atoms with Crippen LogP contribution in [0, 0.1) is 12.7 Å². The molecular formula is C22H16FN3O4S. The zero-order valence-corrected chi connectivity index (χ0v) is 17.1. The van der Waals surface area contributed by atoms with Gasteiger partial charge in [-0.1, -0.05) is 36.4 Å². The van der Waals surface area contributed by atoms with Crippen LogP contribution in [0.15, 0.2) is 58.7 Å². The molecule has 156 valence electrons. The molecule has 2 N–H and O–H groups in total. The van der Waals surface area contributed by atoms with E-state index in [0.29, 0.717) is 5.56 Å². The Kier molecular flexibility index (Phi) is 5.35. The maximum Gasteiger partial charge on any atom is 0.337 e. The molecule has 0 unspecified atom stereocenters. The van der Waals surface area contributed by atoms with Gasteiger partial charge in [0.2, 0.25) is 5.91 Å². The summed E-state index contributed by atoms with van der Waals surface area (Å²) in [5.74, 6) is -2.27. The van der Waals surface area contributed by atoms with Crippen molar-refractivity contribution in [3.05, 3.63) is 81.2 Å². The fraction of sp³-hybridized carbons (Fsp3) is 0.0909. The topological polar surface area (TPSA) is 101 Å². The summed E-state index contributed by atoms with van der Waals surface area (Å²) >= 11 is 1.05. The van der Waals surface area contributed by atoms with E-state index >= 15 is 0 Å². The van der Waals surface area contributed by atoms with E-state index in [4.69, 9.17) is 0 Å². The first kappa shape index (κ1) is 20.4. The number of nitrogens with zero attached hydrogens (tertiary/aromatic N) is 2. The SMILES string of the molecule is Cc1ccccc1-c1nc2scc(C(=O)O)c2c(=O)n1CC(=O)Nc1ccccc1F. The Morgan fingerprint density at radius 1 is 1.16 bits per heavy atom. The number of carboxylic acids is 1. The molecule has 2 aromatic heterocycles. The lowest BCUT2D eigenvalue weighted by atomic mass is 10.1. The number of para-hydroxylation sites is 1. The number of rotatable bonds is 5. The van der Waals surface area contributed by atoms with E-state index in [1.165, 1.54) is 23.6 Å². The number of benzene rings is 2. The third-order valence-electron chi connectivity index (χ3n) is 4.76. The van der Waals surface area contributed by atoms with Gasteiger partial charge in [-0.05, 0) is 24.6 Å². The van der Waals surface area contributed by atoms with Gasteiger partial charge in [-0.2, -0.15) is 0 Å². The van der Waals surface area contributed by atoms with Crippen LogP contribution >= 0.6 is 11.3 Å². The Morgan fingerprint density at radius 3 is 2.58 bits per heavy atom. The summed E-state index contributed by atoms with van der Waals surface area (Å²) in [5, 5.41) is 13.2. The lowest BCUT2D eigenvalue weighted by Crippen LogP contribution is -2.30. The first-order valence-electron chi connectivity index (χ1n) is 9.22. The number of carbonyl (C=O) groups is 2. The average Bonchev–Trinajstić information content (AvgIpc) is 3.17. The number of hydrogen-bond donors (Lipinski definition) is 2. The van der Waals surface area contributed by atoms with Crippen LogP contribution in [-0.4, -0.2) is 26.5 Å². The molecule has 0 bridgehead atoms. The zero-order valence-electron chi connectivity index (χ0n) is 16.3. The smallest absolute Gasteiger partial charge is 0.337 e. The minimum atomic E-state index is -1.25. The maximum absolute atomic E-state index is 13.9. The first-order valence-corrected chi connectivity index (χ1v) is 10.1. The van der Waals surface area contributed by atoms with Crippen LogP contribution < -0.4 is 10.9 Å². The minimum absolute atomic E-state index is 0.0196. The van der Waals surface area contributed by atoms with Gasteiger partial charge in [-0.3, -0.25) is 14.2 Å². The molecule has 31 heavy (non-hydrogen) atoms. The van der Waals surface area contributed by atoms with Crippen LogP contribution in [0.1, 0.15) is 15.9 Å². The lowest BCUT2D eigenvalue weighted by molar-refractivity contribution is -0.116. The summed E-state index contributed by atoms with van der Waals surface area (Å²) in [6.45, 7) is 1.38. The van der Waals surface area contributed by atoms with Crippen molar-refractivity contribution < 1.29 is 19.1 Å². The fourth-order valence-corrected chi connectivity index (χ4v) is 4.16. The van der Waals surface area contributed by atoms with Crippen molar-refractivity contribution in [3.63, 3.8) is 0 Å². The van der Waals surface area contributed by atoms with Gasteiger partial charge in [0.05, 0.1) is 16.6 Å². The van der Waals surface area contributed by atoms with E-state index in [1.54, 1.807) is 18.2 Å². The molecule has 0 spiro atoms. The Morgan fingerprint density at radius 2 is 1.87 bits per heavy atom. The number of aromatic carboxylic acids is 1. The van der Waals surface area contributed by atoms with Crippen LogP contribution in [0.2, 0.25) is 0 Å². The van der Waals surface area contributed by atoms with Crippen molar-refractivity contribution >= 4 is 39.1 Å². The number of carboxylic acid groups (broad SMARTS) is 1. The summed E-state index contributed by atoms with van der Waals surface area (Å²) in [7, 11) is 0. The van der Waals surface area contributed by atoms with Crippen LogP contribution in [0.4, 0.5) is 10.1 Å². The molecule has 0 fully saturated rings. The van der Waals surface area contributed by atoms with E-state index in [9.17, 15) is 23.9 Å². The second-order valence-electron chi connectivity index (χ2n) is 6.80. The Hall–Kier alpha value is -3.85. The molecule has 0 aliphatic rings. The summed E-state index contributed by atoms with van der Waals surface area (Å²) in [6, 6.07) is 12.9. The van der Waals surface area contributed by atoms with Gasteiger partial charge >= 0.3 is 5.97 Å².